The molecule has 5 heteroatoms. The zero-order chi connectivity index (χ0) is 14.7. The molecule has 3 N–H and O–H groups in total. The van der Waals surface area contributed by atoms with Crippen LogP contribution in [-0.2, 0) is 0 Å². The van der Waals surface area contributed by atoms with Crippen molar-refractivity contribution in [1.82, 2.24) is 0 Å². The predicted octanol–water partition coefficient (Wildman–Crippen LogP) is 4.60. The number of hydrogen-bond acceptors (Lipinski definition) is 2. The molecule has 1 aromatic rings. The Hall–Kier alpha value is -0.680. The van der Waals surface area contributed by atoms with Crippen LogP contribution in [0.2, 0.25) is 0 Å². The summed E-state index contributed by atoms with van der Waals surface area (Å²) in [6, 6.07) is 3.82. The molecule has 2 atom stereocenters. The number of benzene rings is 1. The Labute approximate surface area is 133 Å². The number of anilines is 1. The summed E-state index contributed by atoms with van der Waals surface area (Å²) < 4.78 is 14.7. The van der Waals surface area contributed by atoms with Gasteiger partial charge in [0.25, 0.3) is 0 Å². The van der Waals surface area contributed by atoms with Gasteiger partial charge in [-0.25, -0.2) is 4.39 Å². The Kier molecular flexibility index (Phi) is 5.38. The largest absolute Gasteiger partial charge is 0.389 e. The SMILES string of the molecule is CC1CCCCCC1Nc1ccc(C(N)=S)c(Br)c1F. The molecule has 1 saturated carbocycles. The van der Waals surface area contributed by atoms with E-state index in [1.165, 1.54) is 25.7 Å². The molecule has 1 aromatic carbocycles. The van der Waals surface area contributed by atoms with Crippen LogP contribution >= 0.6 is 28.1 Å². The van der Waals surface area contributed by atoms with Crippen LogP contribution in [0, 0.1) is 11.7 Å². The fourth-order valence-corrected chi connectivity index (χ4v) is 3.62. The monoisotopic (exact) mass is 358 g/mol. The van der Waals surface area contributed by atoms with Gasteiger partial charge >= 0.3 is 0 Å². The third-order valence-corrected chi connectivity index (χ3v) is 5.05. The fraction of sp³-hybridized carbons (Fsp3) is 0.533. The molecule has 2 nitrogen and oxygen atoms in total. The van der Waals surface area contributed by atoms with E-state index in [9.17, 15) is 4.39 Å². The second-order valence-corrected chi connectivity index (χ2v) is 6.75. The quantitative estimate of drug-likeness (QED) is 0.612. The van der Waals surface area contributed by atoms with Gasteiger partial charge in [0.1, 0.15) is 4.99 Å². The number of nitrogens with one attached hydrogen (secondary N) is 1. The van der Waals surface area contributed by atoms with Gasteiger partial charge in [0.05, 0.1) is 10.2 Å². The highest BCUT2D eigenvalue weighted by Crippen LogP contribution is 2.31. The molecule has 2 rings (SSSR count). The predicted molar refractivity (Wildman–Crippen MR) is 89.6 cm³/mol. The Bertz CT molecular complexity index is 507. The van der Waals surface area contributed by atoms with E-state index >= 15 is 0 Å². The summed E-state index contributed by atoms with van der Waals surface area (Å²) >= 11 is 8.16. The van der Waals surface area contributed by atoms with Gasteiger partial charge in [0.2, 0.25) is 0 Å². The van der Waals surface area contributed by atoms with E-state index in [4.69, 9.17) is 18.0 Å². The minimum atomic E-state index is -0.313. The highest BCUT2D eigenvalue weighted by Gasteiger charge is 2.22. The van der Waals surface area contributed by atoms with Crippen molar-refractivity contribution >= 4 is 38.8 Å². The van der Waals surface area contributed by atoms with Gasteiger partial charge in [-0.2, -0.15) is 0 Å². The summed E-state index contributed by atoms with van der Waals surface area (Å²) in [5.74, 6) is 0.248. The van der Waals surface area contributed by atoms with E-state index in [0.29, 0.717) is 27.7 Å². The topological polar surface area (TPSA) is 38.0 Å². The van der Waals surface area contributed by atoms with Crippen molar-refractivity contribution in [1.29, 1.82) is 0 Å². The summed E-state index contributed by atoms with van der Waals surface area (Å²) in [5.41, 5.74) is 6.64. The van der Waals surface area contributed by atoms with E-state index < -0.39 is 0 Å². The molecule has 0 bridgehead atoms. The summed E-state index contributed by atoms with van der Waals surface area (Å²) in [5, 5.41) is 3.36. The first-order chi connectivity index (χ1) is 9.50. The third kappa shape index (κ3) is 3.50. The minimum Gasteiger partial charge on any atom is -0.389 e. The van der Waals surface area contributed by atoms with E-state index in [2.05, 4.69) is 28.2 Å². The fourth-order valence-electron chi connectivity index (χ4n) is 2.76. The van der Waals surface area contributed by atoms with Crippen molar-refractivity contribution in [2.45, 2.75) is 45.1 Å². The first-order valence-corrected chi connectivity index (χ1v) is 8.25. The lowest BCUT2D eigenvalue weighted by atomic mass is 9.96. The Morgan fingerprint density at radius 3 is 2.75 bits per heavy atom. The number of halogens is 2. The van der Waals surface area contributed by atoms with E-state index in [0.717, 1.165) is 6.42 Å². The lowest BCUT2D eigenvalue weighted by Crippen LogP contribution is -2.27. The normalized spacial score (nSPS) is 23.1. The molecule has 2 unspecified atom stereocenters. The molecule has 1 aliphatic carbocycles. The van der Waals surface area contributed by atoms with E-state index in [-0.39, 0.29) is 10.8 Å². The molecule has 110 valence electrons. The Morgan fingerprint density at radius 1 is 1.35 bits per heavy atom. The molecule has 1 fully saturated rings. The highest BCUT2D eigenvalue weighted by molar-refractivity contribution is 9.10. The Morgan fingerprint density at radius 2 is 2.05 bits per heavy atom. The maximum atomic E-state index is 14.4. The zero-order valence-electron chi connectivity index (χ0n) is 11.6. The van der Waals surface area contributed by atoms with Crippen molar-refractivity contribution in [3.05, 3.63) is 28.0 Å². The van der Waals surface area contributed by atoms with Crippen LogP contribution in [0.25, 0.3) is 0 Å². The molecule has 0 saturated heterocycles. The summed E-state index contributed by atoms with van der Waals surface area (Å²) in [4.78, 5) is 0.199. The van der Waals surface area contributed by atoms with Gasteiger partial charge in [0, 0.05) is 11.6 Å². The average molecular weight is 359 g/mol. The lowest BCUT2D eigenvalue weighted by molar-refractivity contribution is 0.454. The van der Waals surface area contributed by atoms with Gasteiger partial charge in [-0.1, -0.05) is 38.4 Å². The zero-order valence-corrected chi connectivity index (χ0v) is 14.0. The first kappa shape index (κ1) is 15.7. The molecule has 0 aromatic heterocycles. The maximum absolute atomic E-state index is 14.4. The van der Waals surface area contributed by atoms with Crippen LogP contribution in [-0.4, -0.2) is 11.0 Å². The van der Waals surface area contributed by atoms with Crippen LogP contribution in [0.4, 0.5) is 10.1 Å². The van der Waals surface area contributed by atoms with Crippen LogP contribution in [0.15, 0.2) is 16.6 Å². The summed E-state index contributed by atoms with van der Waals surface area (Å²) in [7, 11) is 0. The molecular formula is C15H20BrFN2S. The average Bonchev–Trinajstić information content (AvgIpc) is 2.60. The van der Waals surface area contributed by atoms with Crippen molar-refractivity contribution in [2.24, 2.45) is 11.7 Å². The number of hydrogen-bond donors (Lipinski definition) is 2. The lowest BCUT2D eigenvalue weighted by Gasteiger charge is -2.24. The third-order valence-electron chi connectivity index (χ3n) is 4.05. The van der Waals surface area contributed by atoms with Gasteiger partial charge in [-0.05, 0) is 46.8 Å². The standard InChI is InChI=1S/C15H20BrFN2S/c1-9-5-3-2-4-6-11(9)19-12-8-7-10(15(18)20)13(16)14(12)17/h7-9,11,19H,2-6H2,1H3,(H2,18,20). The van der Waals surface area contributed by atoms with Crippen LogP contribution in [0.1, 0.15) is 44.6 Å². The van der Waals surface area contributed by atoms with Crippen molar-refractivity contribution < 1.29 is 4.39 Å². The Balaban J connectivity index is 2.21. The molecular weight excluding hydrogens is 339 g/mol. The van der Waals surface area contributed by atoms with Gasteiger partial charge < -0.3 is 11.1 Å². The second kappa shape index (κ2) is 6.85. The summed E-state index contributed by atoms with van der Waals surface area (Å²) in [6.45, 7) is 2.24. The maximum Gasteiger partial charge on any atom is 0.161 e. The van der Waals surface area contributed by atoms with Crippen molar-refractivity contribution in [3.8, 4) is 0 Å². The summed E-state index contributed by atoms with van der Waals surface area (Å²) in [6.07, 6.45) is 6.04. The van der Waals surface area contributed by atoms with Gasteiger partial charge in [-0.15, -0.1) is 0 Å². The molecule has 20 heavy (non-hydrogen) atoms. The molecule has 0 aliphatic heterocycles. The molecule has 0 radical (unpaired) electrons. The van der Waals surface area contributed by atoms with Crippen molar-refractivity contribution in [3.63, 3.8) is 0 Å². The second-order valence-electron chi connectivity index (χ2n) is 5.52. The van der Waals surface area contributed by atoms with Crippen LogP contribution in [0.3, 0.4) is 0 Å². The first-order valence-electron chi connectivity index (χ1n) is 7.05. The van der Waals surface area contributed by atoms with E-state index in [1.807, 2.05) is 0 Å². The van der Waals surface area contributed by atoms with Crippen LogP contribution < -0.4 is 11.1 Å². The van der Waals surface area contributed by atoms with Gasteiger partial charge in [-0.3, -0.25) is 0 Å². The van der Waals surface area contributed by atoms with E-state index in [1.54, 1.807) is 12.1 Å². The highest BCUT2D eigenvalue weighted by atomic mass is 79.9. The molecule has 0 heterocycles. The number of nitrogens with two attached hydrogens (primary N) is 1. The smallest absolute Gasteiger partial charge is 0.161 e. The van der Waals surface area contributed by atoms with Crippen LogP contribution in [0.5, 0.6) is 0 Å². The van der Waals surface area contributed by atoms with Gasteiger partial charge in [0.15, 0.2) is 5.82 Å². The number of thiocarbonyl (C=S) groups is 1. The van der Waals surface area contributed by atoms with Crippen molar-refractivity contribution in [2.75, 3.05) is 5.32 Å². The number of rotatable bonds is 3. The molecule has 0 amide bonds. The molecule has 0 spiro atoms. The molecule has 1 aliphatic rings. The minimum absolute atomic E-state index is 0.199.